The number of hydrogen-bond acceptors (Lipinski definition) is 3. The van der Waals surface area contributed by atoms with Crippen molar-refractivity contribution < 1.29 is 0 Å². The summed E-state index contributed by atoms with van der Waals surface area (Å²) in [5.41, 5.74) is 16.8. The number of para-hydroxylation sites is 2. The summed E-state index contributed by atoms with van der Waals surface area (Å²) in [7, 11) is 0. The van der Waals surface area contributed by atoms with Crippen molar-refractivity contribution in [1.29, 1.82) is 0 Å². The third kappa shape index (κ3) is 5.98. The van der Waals surface area contributed by atoms with E-state index in [-0.39, 0.29) is 0 Å². The molecule has 5 nitrogen and oxygen atoms in total. The van der Waals surface area contributed by atoms with E-state index < -0.39 is 0 Å². The summed E-state index contributed by atoms with van der Waals surface area (Å²) < 4.78 is 4.54. The summed E-state index contributed by atoms with van der Waals surface area (Å²) in [6, 6.07) is 73.3. The molecule has 0 saturated carbocycles. The number of pyridine rings is 1. The van der Waals surface area contributed by atoms with Crippen LogP contribution in [0.2, 0.25) is 0 Å². The first-order valence-electron chi connectivity index (χ1n) is 20.9. The summed E-state index contributed by atoms with van der Waals surface area (Å²) in [5.74, 6) is 0.641. The molecule has 0 N–H and O–H groups in total. The predicted molar refractivity (Wildman–Crippen MR) is 256 cm³/mol. The van der Waals surface area contributed by atoms with Crippen molar-refractivity contribution in [1.82, 2.24) is 24.1 Å². The van der Waals surface area contributed by atoms with E-state index in [9.17, 15) is 0 Å². The number of benzene rings is 8. The van der Waals surface area contributed by atoms with Gasteiger partial charge in [0.25, 0.3) is 0 Å². The summed E-state index contributed by atoms with van der Waals surface area (Å²) in [4.78, 5) is 14.6. The molecule has 4 heterocycles. The number of rotatable bonds is 7. The zero-order valence-corrected chi connectivity index (χ0v) is 33.6. The van der Waals surface area contributed by atoms with E-state index in [2.05, 4.69) is 208 Å². The first-order chi connectivity index (χ1) is 30.7. The van der Waals surface area contributed by atoms with Crippen LogP contribution in [0.5, 0.6) is 0 Å². The number of aromatic nitrogens is 5. The van der Waals surface area contributed by atoms with Gasteiger partial charge in [0.05, 0.1) is 27.8 Å². The van der Waals surface area contributed by atoms with Gasteiger partial charge < -0.3 is 4.57 Å². The summed E-state index contributed by atoms with van der Waals surface area (Å²) in [6.45, 7) is 0. The molecular weight excluding hydrogens is 755 g/mol. The van der Waals surface area contributed by atoms with Gasteiger partial charge in [0.2, 0.25) is 5.95 Å². The maximum Gasteiger partial charge on any atom is 0.234 e. The molecule has 4 aromatic heterocycles. The van der Waals surface area contributed by atoms with Crippen LogP contribution in [-0.2, 0) is 0 Å². The van der Waals surface area contributed by atoms with Gasteiger partial charge in [-0.05, 0) is 99.6 Å². The summed E-state index contributed by atoms with van der Waals surface area (Å²) in [6.07, 6.45) is 5.72. The van der Waals surface area contributed by atoms with Crippen LogP contribution in [0.25, 0.3) is 111 Å². The number of hydrogen-bond donors (Lipinski definition) is 0. The Morgan fingerprint density at radius 1 is 0.290 bits per heavy atom. The van der Waals surface area contributed by atoms with Gasteiger partial charge in [-0.15, -0.1) is 0 Å². The second kappa shape index (κ2) is 14.7. The van der Waals surface area contributed by atoms with Crippen LogP contribution in [0.4, 0.5) is 0 Å². The third-order valence-electron chi connectivity index (χ3n) is 12.1. The van der Waals surface area contributed by atoms with Crippen LogP contribution in [-0.4, -0.2) is 24.1 Å². The Morgan fingerprint density at radius 3 is 1.47 bits per heavy atom. The Kier molecular flexibility index (Phi) is 8.42. The highest BCUT2D eigenvalue weighted by atomic mass is 15.1. The fourth-order valence-electron chi connectivity index (χ4n) is 9.17. The molecule has 0 fully saturated rings. The Balaban J connectivity index is 0.893. The van der Waals surface area contributed by atoms with Crippen molar-refractivity contribution in [3.05, 3.63) is 225 Å². The fourth-order valence-corrected chi connectivity index (χ4v) is 9.17. The SMILES string of the molecule is c1ccc(-c2ccccc2-c2ccc(-c3cnc(-n4c5ccccc5c5cc(-c6ccc7c(c6)c6ccccc6n7-c6cccc(-c7ccccn7)c6)ccc54)nc3)cc2)cc1. The lowest BCUT2D eigenvalue weighted by atomic mass is 9.94. The van der Waals surface area contributed by atoms with Gasteiger partial charge in [0.1, 0.15) is 0 Å². The predicted octanol–water partition coefficient (Wildman–Crippen LogP) is 14.4. The smallest absolute Gasteiger partial charge is 0.234 e. The van der Waals surface area contributed by atoms with E-state index >= 15 is 0 Å². The quantitative estimate of drug-likeness (QED) is 0.162. The molecule has 12 aromatic rings. The Hall–Kier alpha value is -8.41. The maximum absolute atomic E-state index is 4.97. The van der Waals surface area contributed by atoms with Crippen molar-refractivity contribution in [2.75, 3.05) is 0 Å². The highest BCUT2D eigenvalue weighted by Gasteiger charge is 2.18. The third-order valence-corrected chi connectivity index (χ3v) is 12.1. The molecule has 5 heteroatoms. The maximum atomic E-state index is 4.97. The van der Waals surface area contributed by atoms with Crippen LogP contribution in [0.15, 0.2) is 225 Å². The molecule has 8 aromatic carbocycles. The van der Waals surface area contributed by atoms with Gasteiger partial charge in [0, 0.05) is 56.9 Å². The lowest BCUT2D eigenvalue weighted by Gasteiger charge is -2.11. The van der Waals surface area contributed by atoms with E-state index in [1.54, 1.807) is 0 Å². The van der Waals surface area contributed by atoms with Crippen molar-refractivity contribution in [2.24, 2.45) is 0 Å². The minimum absolute atomic E-state index is 0.641. The van der Waals surface area contributed by atoms with Crippen LogP contribution in [0.3, 0.4) is 0 Å². The minimum Gasteiger partial charge on any atom is -0.309 e. The zero-order chi connectivity index (χ0) is 41.0. The zero-order valence-electron chi connectivity index (χ0n) is 33.6. The van der Waals surface area contributed by atoms with E-state index in [0.29, 0.717) is 5.95 Å². The summed E-state index contributed by atoms with van der Waals surface area (Å²) in [5, 5.41) is 4.75. The van der Waals surface area contributed by atoms with Crippen LogP contribution in [0.1, 0.15) is 0 Å². The van der Waals surface area contributed by atoms with E-state index in [0.717, 1.165) is 66.5 Å². The van der Waals surface area contributed by atoms with Gasteiger partial charge in [-0.3, -0.25) is 9.55 Å². The lowest BCUT2D eigenvalue weighted by Crippen LogP contribution is -2.00. The van der Waals surface area contributed by atoms with Crippen LogP contribution < -0.4 is 0 Å². The molecule has 0 aliphatic carbocycles. The molecule has 0 aliphatic heterocycles. The lowest BCUT2D eigenvalue weighted by molar-refractivity contribution is 0.990. The molecule has 0 bridgehead atoms. The first-order valence-corrected chi connectivity index (χ1v) is 20.9. The topological polar surface area (TPSA) is 48.5 Å². The minimum atomic E-state index is 0.641. The van der Waals surface area contributed by atoms with Crippen LogP contribution >= 0.6 is 0 Å². The Bertz CT molecular complexity index is 3600. The highest BCUT2D eigenvalue weighted by molar-refractivity contribution is 6.12. The van der Waals surface area contributed by atoms with Gasteiger partial charge in [-0.1, -0.05) is 146 Å². The summed E-state index contributed by atoms with van der Waals surface area (Å²) >= 11 is 0. The van der Waals surface area contributed by atoms with Crippen molar-refractivity contribution in [3.8, 4) is 67.4 Å². The molecule has 290 valence electrons. The van der Waals surface area contributed by atoms with E-state index in [1.165, 1.54) is 38.5 Å². The van der Waals surface area contributed by atoms with Crippen molar-refractivity contribution >= 4 is 43.6 Å². The van der Waals surface area contributed by atoms with Gasteiger partial charge >= 0.3 is 0 Å². The first kappa shape index (κ1) is 35.5. The average Bonchev–Trinajstić information content (AvgIpc) is 3.87. The Morgan fingerprint density at radius 2 is 0.806 bits per heavy atom. The van der Waals surface area contributed by atoms with Crippen molar-refractivity contribution in [3.63, 3.8) is 0 Å². The monoisotopic (exact) mass is 791 g/mol. The Labute approximate surface area is 358 Å². The molecule has 12 rings (SSSR count). The molecule has 0 saturated heterocycles. The van der Waals surface area contributed by atoms with E-state index in [4.69, 9.17) is 9.97 Å². The fraction of sp³-hybridized carbons (Fsp3) is 0. The number of nitrogens with zero attached hydrogens (tertiary/aromatic N) is 5. The van der Waals surface area contributed by atoms with Crippen molar-refractivity contribution in [2.45, 2.75) is 0 Å². The second-order valence-electron chi connectivity index (χ2n) is 15.7. The van der Waals surface area contributed by atoms with E-state index in [1.807, 2.05) is 30.7 Å². The highest BCUT2D eigenvalue weighted by Crippen LogP contribution is 2.39. The molecule has 0 aliphatic rings. The second-order valence-corrected chi connectivity index (χ2v) is 15.7. The van der Waals surface area contributed by atoms with Gasteiger partial charge in [-0.2, -0.15) is 0 Å². The van der Waals surface area contributed by atoms with Gasteiger partial charge in [0.15, 0.2) is 0 Å². The standard InChI is InChI=1S/C57H37N5/c1-2-13-39(14-3-1)46-17-4-5-18-47(46)40-26-24-38(25-27-40)44-36-59-57(60-37-44)62-54-23-9-7-20-49(54)51-35-42(29-31-56(51)62)41-28-30-55-50(34-41)48-19-6-8-22-53(48)61(55)45-16-12-15-43(33-45)52-21-10-11-32-58-52/h1-37H. The normalized spacial score (nSPS) is 11.5. The molecule has 0 spiro atoms. The van der Waals surface area contributed by atoms with Crippen LogP contribution in [0, 0.1) is 0 Å². The molecular formula is C57H37N5. The molecule has 0 amide bonds. The number of fused-ring (bicyclic) bond motifs is 6. The molecule has 62 heavy (non-hydrogen) atoms. The molecule has 0 unspecified atom stereocenters. The average molecular weight is 792 g/mol. The largest absolute Gasteiger partial charge is 0.309 e. The van der Waals surface area contributed by atoms with Gasteiger partial charge in [-0.25, -0.2) is 9.97 Å². The molecule has 0 radical (unpaired) electrons. The molecule has 0 atom stereocenters.